The van der Waals surface area contributed by atoms with Crippen molar-refractivity contribution in [2.24, 2.45) is 0 Å². The summed E-state index contributed by atoms with van der Waals surface area (Å²) < 4.78 is 15.4. The van der Waals surface area contributed by atoms with E-state index in [1.54, 1.807) is 13.0 Å². The highest BCUT2D eigenvalue weighted by molar-refractivity contribution is 9.10. The molecule has 84 valence electrons. The zero-order valence-corrected chi connectivity index (χ0v) is 10.2. The zero-order valence-electron chi connectivity index (χ0n) is 8.57. The van der Waals surface area contributed by atoms with Crippen LogP contribution in [0.1, 0.15) is 13.3 Å². The van der Waals surface area contributed by atoms with E-state index in [1.807, 2.05) is 0 Å². The molecule has 0 aromatic carbocycles. The first kappa shape index (κ1) is 11.2. The van der Waals surface area contributed by atoms with Crippen LogP contribution >= 0.6 is 15.9 Å². The Hall–Kier alpha value is -1.30. The first-order chi connectivity index (χ1) is 7.61. The molecular formula is C10H9BrFN3O. The summed E-state index contributed by atoms with van der Waals surface area (Å²) in [7, 11) is 0. The molecule has 0 radical (unpaired) electrons. The quantitative estimate of drug-likeness (QED) is 0.870. The molecule has 0 fully saturated rings. The van der Waals surface area contributed by atoms with Crippen LogP contribution in [0, 0.1) is 5.95 Å². The molecule has 0 saturated heterocycles. The van der Waals surface area contributed by atoms with Crippen molar-refractivity contribution in [1.82, 2.24) is 14.8 Å². The Morgan fingerprint density at radius 2 is 2.38 bits per heavy atom. The van der Waals surface area contributed by atoms with E-state index in [1.165, 1.54) is 10.9 Å². The fourth-order valence-corrected chi connectivity index (χ4v) is 1.71. The van der Waals surface area contributed by atoms with Gasteiger partial charge in [-0.1, -0.05) is 6.92 Å². The molecule has 0 bridgehead atoms. The van der Waals surface area contributed by atoms with Crippen LogP contribution in [0.2, 0.25) is 0 Å². The smallest absolute Gasteiger partial charge is 0.258 e. The predicted octanol–water partition coefficient (Wildman–Crippen LogP) is 2.31. The van der Waals surface area contributed by atoms with Gasteiger partial charge in [-0.15, -0.1) is 5.10 Å². The van der Waals surface area contributed by atoms with E-state index in [0.29, 0.717) is 11.9 Å². The second-order valence-electron chi connectivity index (χ2n) is 3.36. The summed E-state index contributed by atoms with van der Waals surface area (Å²) in [5, 5.41) is 3.66. The normalized spacial score (nSPS) is 10.9. The first-order valence-corrected chi connectivity index (χ1v) is 5.60. The SMILES string of the molecule is CCC(=O)Cn1nc(F)c2ncc(Br)cc21. The minimum absolute atomic E-state index is 0.00405. The number of pyridine rings is 1. The van der Waals surface area contributed by atoms with Crippen LogP contribution < -0.4 is 0 Å². The third-order valence-electron chi connectivity index (χ3n) is 2.24. The van der Waals surface area contributed by atoms with E-state index in [-0.39, 0.29) is 17.8 Å². The van der Waals surface area contributed by atoms with E-state index in [0.717, 1.165) is 4.47 Å². The number of Topliss-reactive ketones (excluding diaryl/α,β-unsaturated/α-hetero) is 1. The molecule has 0 atom stereocenters. The summed E-state index contributed by atoms with van der Waals surface area (Å²) in [5.41, 5.74) is 0.709. The number of hydrogen-bond donors (Lipinski definition) is 0. The number of ketones is 1. The summed E-state index contributed by atoms with van der Waals surface area (Å²) in [5.74, 6) is -0.643. The van der Waals surface area contributed by atoms with Crippen molar-refractivity contribution in [3.8, 4) is 0 Å². The van der Waals surface area contributed by atoms with E-state index >= 15 is 0 Å². The van der Waals surface area contributed by atoms with Crippen LogP contribution in [0.3, 0.4) is 0 Å². The number of carbonyl (C=O) groups is 1. The second kappa shape index (κ2) is 4.29. The number of rotatable bonds is 3. The molecule has 0 amide bonds. The maximum Gasteiger partial charge on any atom is 0.258 e. The molecule has 0 N–H and O–H groups in total. The Labute approximate surface area is 99.6 Å². The van der Waals surface area contributed by atoms with E-state index in [4.69, 9.17) is 0 Å². The predicted molar refractivity (Wildman–Crippen MR) is 60.5 cm³/mol. The minimum Gasteiger partial charge on any atom is -0.298 e. The third-order valence-corrected chi connectivity index (χ3v) is 2.67. The van der Waals surface area contributed by atoms with E-state index < -0.39 is 5.95 Å². The molecule has 0 aliphatic heterocycles. The highest BCUT2D eigenvalue weighted by Crippen LogP contribution is 2.19. The molecule has 2 rings (SSSR count). The van der Waals surface area contributed by atoms with Gasteiger partial charge in [0, 0.05) is 17.1 Å². The monoisotopic (exact) mass is 285 g/mol. The summed E-state index contributed by atoms with van der Waals surface area (Å²) in [6.07, 6.45) is 1.91. The number of halogens is 2. The molecule has 4 nitrogen and oxygen atoms in total. The number of aromatic nitrogens is 3. The van der Waals surface area contributed by atoms with Gasteiger partial charge < -0.3 is 0 Å². The fraction of sp³-hybridized carbons (Fsp3) is 0.300. The van der Waals surface area contributed by atoms with Gasteiger partial charge in [-0.25, -0.2) is 4.98 Å². The number of nitrogens with zero attached hydrogens (tertiary/aromatic N) is 3. The largest absolute Gasteiger partial charge is 0.298 e. The summed E-state index contributed by atoms with van der Waals surface area (Å²) in [4.78, 5) is 15.2. The molecule has 0 spiro atoms. The topological polar surface area (TPSA) is 47.8 Å². The van der Waals surface area contributed by atoms with Crippen LogP contribution in [0.5, 0.6) is 0 Å². The standard InChI is InChI=1S/C10H9BrFN3O/c1-2-7(16)5-15-8-3-6(11)4-13-9(8)10(12)14-15/h3-4H,2,5H2,1H3. The van der Waals surface area contributed by atoms with Crippen molar-refractivity contribution in [2.45, 2.75) is 19.9 Å². The minimum atomic E-state index is -0.647. The van der Waals surface area contributed by atoms with Crippen molar-refractivity contribution < 1.29 is 9.18 Å². The van der Waals surface area contributed by atoms with Gasteiger partial charge in [0.1, 0.15) is 12.1 Å². The van der Waals surface area contributed by atoms with E-state index in [9.17, 15) is 9.18 Å². The van der Waals surface area contributed by atoms with Crippen molar-refractivity contribution in [3.63, 3.8) is 0 Å². The molecule has 0 aliphatic carbocycles. The van der Waals surface area contributed by atoms with Gasteiger partial charge in [-0.2, -0.15) is 4.39 Å². The van der Waals surface area contributed by atoms with Gasteiger partial charge in [0.25, 0.3) is 5.95 Å². The Balaban J connectivity index is 2.52. The Morgan fingerprint density at radius 1 is 1.62 bits per heavy atom. The molecule has 2 aromatic rings. The lowest BCUT2D eigenvalue weighted by Gasteiger charge is -2.00. The van der Waals surface area contributed by atoms with Crippen molar-refractivity contribution in [2.75, 3.05) is 0 Å². The second-order valence-corrected chi connectivity index (χ2v) is 4.28. The molecule has 2 aromatic heterocycles. The van der Waals surface area contributed by atoms with Gasteiger partial charge in [0.05, 0.1) is 5.52 Å². The van der Waals surface area contributed by atoms with Crippen LogP contribution in [-0.2, 0) is 11.3 Å². The van der Waals surface area contributed by atoms with Gasteiger partial charge >= 0.3 is 0 Å². The van der Waals surface area contributed by atoms with Gasteiger partial charge in [0.2, 0.25) is 0 Å². The number of carbonyl (C=O) groups excluding carboxylic acids is 1. The first-order valence-electron chi connectivity index (χ1n) is 4.81. The Bertz CT molecular complexity index is 552. The average molecular weight is 286 g/mol. The summed E-state index contributed by atoms with van der Waals surface area (Å²) in [6.45, 7) is 1.84. The summed E-state index contributed by atoms with van der Waals surface area (Å²) >= 11 is 3.25. The third kappa shape index (κ3) is 1.97. The highest BCUT2D eigenvalue weighted by atomic mass is 79.9. The van der Waals surface area contributed by atoms with Crippen LogP contribution in [-0.4, -0.2) is 20.5 Å². The molecular weight excluding hydrogens is 277 g/mol. The van der Waals surface area contributed by atoms with Crippen LogP contribution in [0.4, 0.5) is 4.39 Å². The fourth-order valence-electron chi connectivity index (χ4n) is 1.39. The number of hydrogen-bond acceptors (Lipinski definition) is 3. The molecule has 2 heterocycles. The maximum atomic E-state index is 13.4. The Morgan fingerprint density at radius 3 is 3.06 bits per heavy atom. The lowest BCUT2D eigenvalue weighted by atomic mass is 10.3. The molecule has 16 heavy (non-hydrogen) atoms. The number of fused-ring (bicyclic) bond motifs is 1. The molecule has 0 saturated carbocycles. The lowest BCUT2D eigenvalue weighted by molar-refractivity contribution is -0.119. The van der Waals surface area contributed by atoms with Gasteiger partial charge in [0.15, 0.2) is 5.78 Å². The van der Waals surface area contributed by atoms with Gasteiger partial charge in [-0.05, 0) is 22.0 Å². The lowest BCUT2D eigenvalue weighted by Crippen LogP contribution is -2.10. The van der Waals surface area contributed by atoms with Crippen LogP contribution in [0.15, 0.2) is 16.7 Å². The Kier molecular flexibility index (Phi) is 3.00. The van der Waals surface area contributed by atoms with Crippen molar-refractivity contribution >= 4 is 32.7 Å². The van der Waals surface area contributed by atoms with Gasteiger partial charge in [-0.3, -0.25) is 9.48 Å². The average Bonchev–Trinajstić information content (AvgIpc) is 2.55. The van der Waals surface area contributed by atoms with Crippen molar-refractivity contribution in [1.29, 1.82) is 0 Å². The molecule has 6 heteroatoms. The van der Waals surface area contributed by atoms with Crippen LogP contribution in [0.25, 0.3) is 11.0 Å². The van der Waals surface area contributed by atoms with Crippen molar-refractivity contribution in [3.05, 3.63) is 22.7 Å². The molecule has 0 aliphatic rings. The van der Waals surface area contributed by atoms with E-state index in [2.05, 4.69) is 26.0 Å². The summed E-state index contributed by atoms with van der Waals surface area (Å²) in [6, 6.07) is 1.70. The molecule has 0 unspecified atom stereocenters. The maximum absolute atomic E-state index is 13.4. The zero-order chi connectivity index (χ0) is 11.7. The highest BCUT2D eigenvalue weighted by Gasteiger charge is 2.13.